The van der Waals surface area contributed by atoms with Crippen LogP contribution in [0, 0.1) is 5.41 Å². The highest BCUT2D eigenvalue weighted by Gasteiger charge is 2.26. The number of hydrogen-bond donors (Lipinski definition) is 3. The first-order valence-electron chi connectivity index (χ1n) is 7.99. The third-order valence-corrected chi connectivity index (χ3v) is 4.24. The molecule has 1 heterocycles. The van der Waals surface area contributed by atoms with Gasteiger partial charge in [0.15, 0.2) is 0 Å². The van der Waals surface area contributed by atoms with E-state index in [1.165, 1.54) is 0 Å². The standard InChI is InChI=1S/C17H25N3O3/c1-17(6-8-19-9-7-17)12-20-15(21)5-10-23-14-4-2-3-13(11-14)16(18)22/h2-4,11,19H,5-10,12H2,1H3,(H2,18,22)(H,20,21). The molecule has 1 aliphatic heterocycles. The number of nitrogens with one attached hydrogen (secondary N) is 2. The molecule has 2 rings (SSSR count). The van der Waals surface area contributed by atoms with E-state index >= 15 is 0 Å². The number of nitrogens with two attached hydrogens (primary N) is 1. The molecule has 6 nitrogen and oxygen atoms in total. The van der Waals surface area contributed by atoms with E-state index in [0.29, 0.717) is 17.9 Å². The molecule has 0 unspecified atom stereocenters. The average Bonchev–Trinajstić information content (AvgIpc) is 2.54. The normalized spacial score (nSPS) is 16.6. The molecule has 23 heavy (non-hydrogen) atoms. The van der Waals surface area contributed by atoms with Crippen LogP contribution in [0.25, 0.3) is 0 Å². The van der Waals surface area contributed by atoms with Crippen LogP contribution in [0.1, 0.15) is 36.5 Å². The first-order valence-corrected chi connectivity index (χ1v) is 7.99. The molecule has 0 aliphatic carbocycles. The van der Waals surface area contributed by atoms with Crippen molar-refractivity contribution in [2.24, 2.45) is 11.1 Å². The maximum absolute atomic E-state index is 11.9. The molecular weight excluding hydrogens is 294 g/mol. The summed E-state index contributed by atoms with van der Waals surface area (Å²) in [6.45, 7) is 5.19. The summed E-state index contributed by atoms with van der Waals surface area (Å²) in [7, 11) is 0. The van der Waals surface area contributed by atoms with Crippen LogP contribution in [0.2, 0.25) is 0 Å². The fourth-order valence-corrected chi connectivity index (χ4v) is 2.61. The molecule has 0 aromatic heterocycles. The van der Waals surface area contributed by atoms with E-state index in [-0.39, 0.29) is 24.3 Å². The van der Waals surface area contributed by atoms with Crippen molar-refractivity contribution in [3.8, 4) is 5.75 Å². The molecule has 1 aromatic rings. The topological polar surface area (TPSA) is 93.4 Å². The summed E-state index contributed by atoms with van der Waals surface area (Å²) >= 11 is 0. The van der Waals surface area contributed by atoms with Crippen molar-refractivity contribution in [2.45, 2.75) is 26.2 Å². The van der Waals surface area contributed by atoms with Crippen LogP contribution < -0.4 is 21.1 Å². The van der Waals surface area contributed by atoms with Gasteiger partial charge in [0.1, 0.15) is 5.75 Å². The maximum atomic E-state index is 11.9. The Labute approximate surface area is 136 Å². The van der Waals surface area contributed by atoms with Gasteiger partial charge in [-0.2, -0.15) is 0 Å². The fourth-order valence-electron chi connectivity index (χ4n) is 2.61. The van der Waals surface area contributed by atoms with Crippen LogP contribution in [0.15, 0.2) is 24.3 Å². The summed E-state index contributed by atoms with van der Waals surface area (Å²) in [5.41, 5.74) is 5.79. The zero-order chi connectivity index (χ0) is 16.7. The number of ether oxygens (including phenoxy) is 1. The van der Waals surface area contributed by atoms with E-state index in [9.17, 15) is 9.59 Å². The largest absolute Gasteiger partial charge is 0.493 e. The second-order valence-corrected chi connectivity index (χ2v) is 6.33. The predicted molar refractivity (Wildman–Crippen MR) is 88.3 cm³/mol. The number of primary amides is 1. The Hall–Kier alpha value is -2.08. The van der Waals surface area contributed by atoms with E-state index in [2.05, 4.69) is 17.6 Å². The molecule has 0 radical (unpaired) electrons. The lowest BCUT2D eigenvalue weighted by Gasteiger charge is -2.34. The van der Waals surface area contributed by atoms with Gasteiger partial charge in [-0.15, -0.1) is 0 Å². The molecule has 0 atom stereocenters. The Balaban J connectivity index is 1.70. The van der Waals surface area contributed by atoms with Gasteiger partial charge in [-0.05, 0) is 49.5 Å². The number of carbonyl (C=O) groups excluding carboxylic acids is 2. The molecule has 0 bridgehead atoms. The highest BCUT2D eigenvalue weighted by Crippen LogP contribution is 2.26. The first-order chi connectivity index (χ1) is 11.0. The predicted octanol–water partition coefficient (Wildman–Crippen LogP) is 1.06. The third kappa shape index (κ3) is 5.56. The van der Waals surface area contributed by atoms with Gasteiger partial charge in [0.2, 0.25) is 11.8 Å². The molecule has 1 saturated heterocycles. The van der Waals surface area contributed by atoms with Crippen LogP contribution in [-0.4, -0.2) is 38.1 Å². The minimum absolute atomic E-state index is 0.0178. The summed E-state index contributed by atoms with van der Waals surface area (Å²) in [4.78, 5) is 23.0. The number of carbonyl (C=O) groups is 2. The van der Waals surface area contributed by atoms with Gasteiger partial charge in [0, 0.05) is 12.1 Å². The Morgan fingerprint density at radius 3 is 2.78 bits per heavy atom. The highest BCUT2D eigenvalue weighted by molar-refractivity contribution is 5.93. The monoisotopic (exact) mass is 319 g/mol. The van der Waals surface area contributed by atoms with Crippen LogP contribution >= 0.6 is 0 Å². The van der Waals surface area contributed by atoms with Crippen molar-refractivity contribution in [2.75, 3.05) is 26.2 Å². The van der Waals surface area contributed by atoms with Gasteiger partial charge in [-0.1, -0.05) is 13.0 Å². The van der Waals surface area contributed by atoms with Gasteiger partial charge in [-0.3, -0.25) is 9.59 Å². The van der Waals surface area contributed by atoms with Crippen LogP contribution in [-0.2, 0) is 4.79 Å². The van der Waals surface area contributed by atoms with E-state index in [1.807, 2.05) is 0 Å². The summed E-state index contributed by atoms with van der Waals surface area (Å²) in [5.74, 6) is 0.0265. The van der Waals surface area contributed by atoms with Crippen LogP contribution in [0.5, 0.6) is 5.75 Å². The molecule has 6 heteroatoms. The Morgan fingerprint density at radius 2 is 2.09 bits per heavy atom. The number of amides is 2. The van der Waals surface area contributed by atoms with Crippen molar-refractivity contribution < 1.29 is 14.3 Å². The first kappa shape index (κ1) is 17.3. The Morgan fingerprint density at radius 1 is 1.35 bits per heavy atom. The highest BCUT2D eigenvalue weighted by atomic mass is 16.5. The van der Waals surface area contributed by atoms with Gasteiger partial charge >= 0.3 is 0 Å². The zero-order valence-electron chi connectivity index (χ0n) is 13.6. The maximum Gasteiger partial charge on any atom is 0.248 e. The molecule has 1 aliphatic rings. The quantitative estimate of drug-likeness (QED) is 0.700. The molecule has 0 spiro atoms. The molecule has 4 N–H and O–H groups in total. The van der Waals surface area contributed by atoms with E-state index in [1.54, 1.807) is 24.3 Å². The number of piperidine rings is 1. The summed E-state index contributed by atoms with van der Waals surface area (Å²) in [6, 6.07) is 6.64. The van der Waals surface area contributed by atoms with Crippen molar-refractivity contribution in [3.05, 3.63) is 29.8 Å². The Kier molecular flexibility index (Phi) is 5.98. The van der Waals surface area contributed by atoms with Crippen molar-refractivity contribution in [3.63, 3.8) is 0 Å². The lowest BCUT2D eigenvalue weighted by molar-refractivity contribution is -0.122. The molecular formula is C17H25N3O3. The van der Waals surface area contributed by atoms with Crippen LogP contribution in [0.3, 0.4) is 0 Å². The number of hydrogen-bond acceptors (Lipinski definition) is 4. The summed E-state index contributed by atoms with van der Waals surface area (Å²) in [6.07, 6.45) is 2.43. The van der Waals surface area contributed by atoms with E-state index < -0.39 is 5.91 Å². The summed E-state index contributed by atoms with van der Waals surface area (Å²) < 4.78 is 5.51. The van der Waals surface area contributed by atoms with Crippen molar-refractivity contribution in [1.29, 1.82) is 0 Å². The fraction of sp³-hybridized carbons (Fsp3) is 0.529. The van der Waals surface area contributed by atoms with Gasteiger partial charge in [0.05, 0.1) is 13.0 Å². The van der Waals surface area contributed by atoms with Gasteiger partial charge in [-0.25, -0.2) is 0 Å². The lowest BCUT2D eigenvalue weighted by atomic mass is 9.81. The van der Waals surface area contributed by atoms with E-state index in [4.69, 9.17) is 10.5 Å². The molecule has 2 amide bonds. The second-order valence-electron chi connectivity index (χ2n) is 6.33. The molecule has 1 aromatic carbocycles. The zero-order valence-corrected chi connectivity index (χ0v) is 13.6. The molecule has 0 saturated carbocycles. The molecule has 1 fully saturated rings. The van der Waals surface area contributed by atoms with Crippen LogP contribution in [0.4, 0.5) is 0 Å². The Bertz CT molecular complexity index is 554. The average molecular weight is 319 g/mol. The smallest absolute Gasteiger partial charge is 0.248 e. The van der Waals surface area contributed by atoms with Gasteiger partial charge in [0.25, 0.3) is 0 Å². The lowest BCUT2D eigenvalue weighted by Crippen LogP contribution is -2.43. The SMILES string of the molecule is CC1(CNC(=O)CCOc2cccc(C(N)=O)c2)CCNCC1. The van der Waals surface area contributed by atoms with Crippen molar-refractivity contribution >= 4 is 11.8 Å². The number of rotatable bonds is 7. The third-order valence-electron chi connectivity index (χ3n) is 4.24. The minimum Gasteiger partial charge on any atom is -0.493 e. The van der Waals surface area contributed by atoms with Crippen molar-refractivity contribution in [1.82, 2.24) is 10.6 Å². The van der Waals surface area contributed by atoms with E-state index in [0.717, 1.165) is 25.9 Å². The minimum atomic E-state index is -0.497. The molecule has 126 valence electrons. The number of benzene rings is 1. The summed E-state index contributed by atoms with van der Waals surface area (Å²) in [5, 5.41) is 6.31. The van der Waals surface area contributed by atoms with Gasteiger partial charge < -0.3 is 21.1 Å². The second kappa shape index (κ2) is 7.97.